The minimum absolute atomic E-state index is 0.667. The molecule has 3 rings (SSSR count). The number of hydrogen-bond donors (Lipinski definition) is 1. The van der Waals surface area contributed by atoms with Crippen molar-refractivity contribution in [1.29, 1.82) is 0 Å². The SMILES string of the molecule is C1CC2(CN1)CC1OC1C2. The van der Waals surface area contributed by atoms with Gasteiger partial charge in [0.1, 0.15) is 0 Å². The highest BCUT2D eigenvalue weighted by Gasteiger charge is 2.56. The van der Waals surface area contributed by atoms with Crippen molar-refractivity contribution < 1.29 is 4.74 Å². The molecular weight excluding hydrogens is 126 g/mol. The van der Waals surface area contributed by atoms with Crippen LogP contribution in [0.3, 0.4) is 0 Å². The van der Waals surface area contributed by atoms with Gasteiger partial charge in [-0.3, -0.25) is 0 Å². The fourth-order valence-corrected chi connectivity index (χ4v) is 2.62. The molecule has 3 fully saturated rings. The summed E-state index contributed by atoms with van der Waals surface area (Å²) in [5, 5.41) is 3.44. The van der Waals surface area contributed by atoms with Crippen molar-refractivity contribution in [3.8, 4) is 0 Å². The summed E-state index contributed by atoms with van der Waals surface area (Å²) in [6.45, 7) is 2.49. The lowest BCUT2D eigenvalue weighted by molar-refractivity contribution is 0.193. The minimum Gasteiger partial charge on any atom is -0.370 e. The normalized spacial score (nSPS) is 57.6. The maximum absolute atomic E-state index is 5.41. The molecule has 1 spiro atoms. The van der Waals surface area contributed by atoms with Crippen LogP contribution in [0.25, 0.3) is 0 Å². The molecule has 0 aromatic rings. The molecule has 2 unspecified atom stereocenters. The van der Waals surface area contributed by atoms with Crippen LogP contribution in [0.5, 0.6) is 0 Å². The van der Waals surface area contributed by atoms with E-state index in [0.717, 1.165) is 0 Å². The van der Waals surface area contributed by atoms with Gasteiger partial charge in [0.05, 0.1) is 12.2 Å². The first-order chi connectivity index (χ1) is 4.88. The number of nitrogens with one attached hydrogen (secondary N) is 1. The van der Waals surface area contributed by atoms with Crippen molar-refractivity contribution in [3.63, 3.8) is 0 Å². The number of epoxide rings is 1. The summed E-state index contributed by atoms with van der Waals surface area (Å²) < 4.78 is 5.41. The molecule has 2 aliphatic heterocycles. The third-order valence-electron chi connectivity index (χ3n) is 3.29. The van der Waals surface area contributed by atoms with E-state index in [4.69, 9.17) is 4.74 Å². The summed E-state index contributed by atoms with van der Waals surface area (Å²) >= 11 is 0. The highest BCUT2D eigenvalue weighted by molar-refractivity contribution is 5.06. The molecule has 2 heteroatoms. The van der Waals surface area contributed by atoms with Gasteiger partial charge < -0.3 is 10.1 Å². The summed E-state index contributed by atoms with van der Waals surface area (Å²) in [6, 6.07) is 0. The molecule has 2 nitrogen and oxygen atoms in total. The zero-order valence-electron chi connectivity index (χ0n) is 6.10. The van der Waals surface area contributed by atoms with Crippen molar-refractivity contribution in [2.75, 3.05) is 13.1 Å². The third kappa shape index (κ3) is 0.611. The monoisotopic (exact) mass is 139 g/mol. The molecule has 0 bridgehead atoms. The smallest absolute Gasteiger partial charge is 0.0847 e. The van der Waals surface area contributed by atoms with Gasteiger partial charge in [0.15, 0.2) is 0 Å². The van der Waals surface area contributed by atoms with Gasteiger partial charge in [0, 0.05) is 6.54 Å². The van der Waals surface area contributed by atoms with E-state index in [2.05, 4.69) is 5.32 Å². The predicted molar refractivity (Wildman–Crippen MR) is 37.8 cm³/mol. The van der Waals surface area contributed by atoms with Crippen molar-refractivity contribution in [2.24, 2.45) is 5.41 Å². The lowest BCUT2D eigenvalue weighted by Gasteiger charge is -2.22. The lowest BCUT2D eigenvalue weighted by atomic mass is 9.85. The summed E-state index contributed by atoms with van der Waals surface area (Å²) in [7, 11) is 0. The van der Waals surface area contributed by atoms with E-state index in [1.807, 2.05) is 0 Å². The standard InChI is InChI=1S/C8H13NO/c1-2-9-5-8(1)3-6-7(4-8)10-6/h6-7,9H,1-5H2. The molecule has 0 amide bonds. The van der Waals surface area contributed by atoms with E-state index in [9.17, 15) is 0 Å². The van der Waals surface area contributed by atoms with Crippen LogP contribution in [0.2, 0.25) is 0 Å². The van der Waals surface area contributed by atoms with Crippen molar-refractivity contribution >= 4 is 0 Å². The number of fused-ring (bicyclic) bond motifs is 1. The Hall–Kier alpha value is -0.0800. The van der Waals surface area contributed by atoms with Crippen LogP contribution in [0.4, 0.5) is 0 Å². The molecule has 2 heterocycles. The van der Waals surface area contributed by atoms with E-state index < -0.39 is 0 Å². The summed E-state index contributed by atoms with van der Waals surface area (Å²) in [5.74, 6) is 0. The predicted octanol–water partition coefficient (Wildman–Crippen LogP) is 0.527. The molecule has 0 radical (unpaired) electrons. The van der Waals surface area contributed by atoms with E-state index in [-0.39, 0.29) is 0 Å². The fourth-order valence-electron chi connectivity index (χ4n) is 2.62. The molecule has 10 heavy (non-hydrogen) atoms. The fraction of sp³-hybridized carbons (Fsp3) is 1.00. The zero-order chi connectivity index (χ0) is 6.60. The minimum atomic E-state index is 0.667. The summed E-state index contributed by atoms with van der Waals surface area (Å²) in [4.78, 5) is 0. The van der Waals surface area contributed by atoms with Crippen LogP contribution in [0, 0.1) is 5.41 Å². The highest BCUT2D eigenvalue weighted by Crippen LogP contribution is 2.52. The first-order valence-electron chi connectivity index (χ1n) is 4.24. The van der Waals surface area contributed by atoms with Gasteiger partial charge in [0.2, 0.25) is 0 Å². The molecular formula is C8H13NO. The van der Waals surface area contributed by atoms with Crippen molar-refractivity contribution in [3.05, 3.63) is 0 Å². The number of ether oxygens (including phenoxy) is 1. The molecule has 0 aromatic carbocycles. The summed E-state index contributed by atoms with van der Waals surface area (Å²) in [6.07, 6.45) is 5.40. The van der Waals surface area contributed by atoms with Crippen LogP contribution < -0.4 is 5.32 Å². The summed E-state index contributed by atoms with van der Waals surface area (Å²) in [5.41, 5.74) is 0.674. The highest BCUT2D eigenvalue weighted by atomic mass is 16.6. The Morgan fingerprint density at radius 1 is 1.30 bits per heavy atom. The first-order valence-corrected chi connectivity index (χ1v) is 4.24. The third-order valence-corrected chi connectivity index (χ3v) is 3.29. The van der Waals surface area contributed by atoms with Gasteiger partial charge in [-0.05, 0) is 31.2 Å². The van der Waals surface area contributed by atoms with E-state index >= 15 is 0 Å². The Morgan fingerprint density at radius 3 is 2.70 bits per heavy atom. The Balaban J connectivity index is 1.80. The number of hydrogen-bond acceptors (Lipinski definition) is 2. The quantitative estimate of drug-likeness (QED) is 0.495. The maximum atomic E-state index is 5.41. The van der Waals surface area contributed by atoms with Crippen LogP contribution >= 0.6 is 0 Å². The number of rotatable bonds is 0. The van der Waals surface area contributed by atoms with E-state index in [1.165, 1.54) is 32.4 Å². The molecule has 1 N–H and O–H groups in total. The molecule has 56 valence electrons. The molecule has 3 aliphatic rings. The maximum Gasteiger partial charge on any atom is 0.0847 e. The largest absolute Gasteiger partial charge is 0.370 e. The van der Waals surface area contributed by atoms with Gasteiger partial charge in [-0.2, -0.15) is 0 Å². The van der Waals surface area contributed by atoms with Gasteiger partial charge in [-0.25, -0.2) is 0 Å². The van der Waals surface area contributed by atoms with Crippen LogP contribution in [0.1, 0.15) is 19.3 Å². The second kappa shape index (κ2) is 1.56. The second-order valence-electron chi connectivity index (χ2n) is 4.05. The van der Waals surface area contributed by atoms with Crippen LogP contribution in [-0.4, -0.2) is 25.3 Å². The zero-order valence-corrected chi connectivity index (χ0v) is 6.10. The van der Waals surface area contributed by atoms with Gasteiger partial charge in [-0.1, -0.05) is 0 Å². The Bertz CT molecular complexity index is 151. The molecule has 0 aromatic heterocycles. The average molecular weight is 139 g/mol. The molecule has 1 aliphatic carbocycles. The topological polar surface area (TPSA) is 24.6 Å². The Labute approximate surface area is 60.9 Å². The van der Waals surface area contributed by atoms with Crippen LogP contribution in [-0.2, 0) is 4.74 Å². The molecule has 1 saturated carbocycles. The molecule has 2 atom stereocenters. The van der Waals surface area contributed by atoms with Gasteiger partial charge in [-0.15, -0.1) is 0 Å². The van der Waals surface area contributed by atoms with E-state index in [1.54, 1.807) is 0 Å². The molecule has 2 saturated heterocycles. The van der Waals surface area contributed by atoms with Gasteiger partial charge in [0.25, 0.3) is 0 Å². The Kier molecular flexibility index (Phi) is 0.868. The Morgan fingerprint density at radius 2 is 2.10 bits per heavy atom. The van der Waals surface area contributed by atoms with E-state index in [0.29, 0.717) is 17.6 Å². The van der Waals surface area contributed by atoms with Crippen molar-refractivity contribution in [2.45, 2.75) is 31.5 Å². The van der Waals surface area contributed by atoms with Crippen molar-refractivity contribution in [1.82, 2.24) is 5.32 Å². The van der Waals surface area contributed by atoms with Crippen LogP contribution in [0.15, 0.2) is 0 Å². The lowest BCUT2D eigenvalue weighted by Crippen LogP contribution is -2.22. The average Bonchev–Trinajstić information content (AvgIpc) is 2.45. The van der Waals surface area contributed by atoms with Gasteiger partial charge >= 0.3 is 0 Å². The second-order valence-corrected chi connectivity index (χ2v) is 4.05. The first kappa shape index (κ1) is 5.56.